The number of H-pyrrole nitrogens is 1. The molecule has 1 fully saturated rings. The third kappa shape index (κ3) is 3.43. The minimum absolute atomic E-state index is 0.0362. The van der Waals surface area contributed by atoms with Crippen molar-refractivity contribution >= 4 is 12.2 Å². The van der Waals surface area contributed by atoms with E-state index in [4.69, 9.17) is 10.4 Å². The van der Waals surface area contributed by atoms with E-state index in [1.165, 1.54) is 6.07 Å². The smallest absolute Gasteiger partial charge is 0.258 e. The topological polar surface area (TPSA) is 103 Å². The number of hydrogen-bond donors (Lipinski definition) is 2. The first-order valence-corrected chi connectivity index (χ1v) is 10.7. The molecule has 0 radical (unpaired) electrons. The summed E-state index contributed by atoms with van der Waals surface area (Å²) in [7, 11) is 1.78. The lowest BCUT2D eigenvalue weighted by atomic mass is 10.0. The molecule has 2 aromatic heterocycles. The number of aromatic nitrogens is 4. The van der Waals surface area contributed by atoms with Gasteiger partial charge in [-0.05, 0) is 31.9 Å². The van der Waals surface area contributed by atoms with E-state index in [2.05, 4.69) is 15.0 Å². The molecule has 1 aromatic carbocycles. The van der Waals surface area contributed by atoms with Crippen molar-refractivity contribution in [1.82, 2.24) is 24.4 Å². The average molecular weight is 433 g/mol. The van der Waals surface area contributed by atoms with Crippen molar-refractivity contribution < 1.29 is 4.39 Å². The van der Waals surface area contributed by atoms with Crippen LogP contribution in [0, 0.1) is 18.2 Å². The molecule has 9 heteroatoms. The maximum atomic E-state index is 14.6. The van der Waals surface area contributed by atoms with Gasteiger partial charge >= 0.3 is 0 Å². The molecule has 8 nitrogen and oxygen atoms in total. The molecule has 0 atom stereocenters. The summed E-state index contributed by atoms with van der Waals surface area (Å²) in [5.74, 6) is 1.95. The van der Waals surface area contributed by atoms with Crippen LogP contribution >= 0.6 is 0 Å². The molecule has 32 heavy (non-hydrogen) atoms. The molecule has 0 bridgehead atoms. The number of fused-ring (bicyclic) bond motifs is 1. The second-order valence-corrected chi connectivity index (χ2v) is 8.31. The quantitative estimate of drug-likeness (QED) is 0.488. The van der Waals surface area contributed by atoms with Gasteiger partial charge in [-0.15, -0.1) is 0 Å². The van der Waals surface area contributed by atoms with Crippen molar-refractivity contribution in [3.8, 4) is 11.3 Å². The van der Waals surface area contributed by atoms with Crippen molar-refractivity contribution in [1.29, 1.82) is 5.41 Å². The van der Waals surface area contributed by atoms with Gasteiger partial charge in [-0.25, -0.2) is 19.4 Å². The molecule has 1 aliphatic heterocycles. The van der Waals surface area contributed by atoms with Gasteiger partial charge in [0.15, 0.2) is 5.84 Å². The normalized spacial score (nSPS) is 16.2. The molecule has 1 aliphatic carbocycles. The van der Waals surface area contributed by atoms with Crippen LogP contribution in [0.3, 0.4) is 0 Å². The summed E-state index contributed by atoms with van der Waals surface area (Å²) in [6.45, 7) is 2.70. The van der Waals surface area contributed by atoms with Gasteiger partial charge in [0.05, 0.1) is 17.8 Å². The van der Waals surface area contributed by atoms with E-state index in [1.807, 2.05) is 4.90 Å². The molecule has 164 valence electrons. The fourth-order valence-corrected chi connectivity index (χ4v) is 4.34. The van der Waals surface area contributed by atoms with E-state index in [0.717, 1.165) is 30.7 Å². The Labute approximate surface area is 184 Å². The fourth-order valence-electron chi connectivity index (χ4n) is 4.34. The van der Waals surface area contributed by atoms with Gasteiger partial charge in [-0.3, -0.25) is 14.8 Å². The minimum Gasteiger partial charge on any atom is -0.350 e. The van der Waals surface area contributed by atoms with Crippen LogP contribution < -0.4 is 5.56 Å². The number of rotatable bonds is 4. The average Bonchev–Trinajstić information content (AvgIpc) is 3.56. The summed E-state index contributed by atoms with van der Waals surface area (Å²) in [6, 6.07) is 6.44. The predicted octanol–water partition coefficient (Wildman–Crippen LogP) is 2.91. The molecule has 0 unspecified atom stereocenters. The zero-order valence-electron chi connectivity index (χ0n) is 18.0. The second kappa shape index (κ2) is 7.81. The molecule has 0 saturated heterocycles. The maximum Gasteiger partial charge on any atom is 0.258 e. The highest BCUT2D eigenvalue weighted by Crippen LogP contribution is 2.38. The molecular weight excluding hydrogens is 409 g/mol. The van der Waals surface area contributed by atoms with E-state index >= 15 is 0 Å². The summed E-state index contributed by atoms with van der Waals surface area (Å²) >= 11 is 0. The van der Waals surface area contributed by atoms with Gasteiger partial charge in [0.2, 0.25) is 0 Å². The zero-order chi connectivity index (χ0) is 22.4. The Morgan fingerprint density at radius 2 is 2.09 bits per heavy atom. The van der Waals surface area contributed by atoms with Gasteiger partial charge in [0.1, 0.15) is 35.2 Å². The Bertz CT molecular complexity index is 1300. The van der Waals surface area contributed by atoms with Crippen LogP contribution in [0.1, 0.15) is 47.4 Å². The van der Waals surface area contributed by atoms with Crippen LogP contribution in [0.4, 0.5) is 4.39 Å². The van der Waals surface area contributed by atoms with Gasteiger partial charge in [0, 0.05) is 31.5 Å². The van der Waals surface area contributed by atoms with Crippen LogP contribution in [-0.4, -0.2) is 43.1 Å². The number of nitrogens with one attached hydrogen (secondary N) is 2. The Balaban J connectivity index is 1.56. The Kier molecular flexibility index (Phi) is 4.96. The molecule has 3 aromatic rings. The number of imidazole rings is 1. The summed E-state index contributed by atoms with van der Waals surface area (Å²) in [6.07, 6.45) is 3.72. The number of nitrogens with zero attached hydrogens (tertiary/aromatic N) is 5. The number of hydrogen-bond acceptors (Lipinski definition) is 4. The lowest BCUT2D eigenvalue weighted by Gasteiger charge is -2.31. The SMILES string of the molecule is Cc1nc(-c2ccccc2F)c(/C(=N\C=N)N2CCc3nc(C4CC4)n(C)c(=O)c3C2)[nH]1. The number of benzene rings is 1. The monoisotopic (exact) mass is 433 g/mol. The largest absolute Gasteiger partial charge is 0.350 e. The highest BCUT2D eigenvalue weighted by Gasteiger charge is 2.32. The first-order chi connectivity index (χ1) is 15.5. The number of halogens is 1. The highest BCUT2D eigenvalue weighted by atomic mass is 19.1. The summed E-state index contributed by atoms with van der Waals surface area (Å²) in [5, 5.41) is 7.60. The van der Waals surface area contributed by atoms with Gasteiger partial charge < -0.3 is 9.88 Å². The van der Waals surface area contributed by atoms with Crippen LogP contribution in [-0.2, 0) is 20.0 Å². The number of amidine groups is 1. The molecule has 5 rings (SSSR count). The highest BCUT2D eigenvalue weighted by molar-refractivity contribution is 6.05. The second-order valence-electron chi connectivity index (χ2n) is 8.31. The molecule has 1 saturated carbocycles. The number of aryl methyl sites for hydroxylation is 1. The molecule has 0 spiro atoms. The Hall–Kier alpha value is -3.62. The first kappa shape index (κ1) is 20.3. The van der Waals surface area contributed by atoms with Gasteiger partial charge in [-0.1, -0.05) is 12.1 Å². The van der Waals surface area contributed by atoms with Crippen LogP contribution in [0.2, 0.25) is 0 Å². The molecular formula is C23H24FN7O. The summed E-state index contributed by atoms with van der Waals surface area (Å²) < 4.78 is 16.2. The third-order valence-electron chi connectivity index (χ3n) is 6.08. The molecule has 2 aliphatic rings. The fraction of sp³-hybridized carbons (Fsp3) is 0.348. The van der Waals surface area contributed by atoms with Gasteiger partial charge in [-0.2, -0.15) is 0 Å². The van der Waals surface area contributed by atoms with Crippen molar-refractivity contribution in [3.63, 3.8) is 0 Å². The van der Waals surface area contributed by atoms with Crippen LogP contribution in [0.25, 0.3) is 11.3 Å². The lowest BCUT2D eigenvalue weighted by molar-refractivity contribution is 0.382. The summed E-state index contributed by atoms with van der Waals surface area (Å²) in [5.41, 5.74) is 2.76. The standard InChI is InChI=1S/C23H24FN7O/c1-13-27-19(15-5-3-4-6-17(15)24)20(28-13)22(26-12-25)31-10-9-18-16(11-31)23(32)30(2)21(29-18)14-7-8-14/h3-6,12,14,25H,7-11H2,1-2H3,(H,27,28)/b25-12?,26-22+. The predicted molar refractivity (Wildman–Crippen MR) is 120 cm³/mol. The van der Waals surface area contributed by atoms with E-state index < -0.39 is 0 Å². The van der Waals surface area contributed by atoms with Crippen molar-refractivity contribution in [3.05, 3.63) is 69.0 Å². The minimum atomic E-state index is -0.385. The number of aliphatic imine (C=N–C) groups is 1. The van der Waals surface area contributed by atoms with Crippen molar-refractivity contribution in [2.75, 3.05) is 6.54 Å². The molecule has 3 heterocycles. The van der Waals surface area contributed by atoms with Crippen LogP contribution in [0.15, 0.2) is 34.1 Å². The van der Waals surface area contributed by atoms with Gasteiger partial charge in [0.25, 0.3) is 5.56 Å². The van der Waals surface area contributed by atoms with E-state index in [9.17, 15) is 9.18 Å². The molecule has 2 N–H and O–H groups in total. The first-order valence-electron chi connectivity index (χ1n) is 10.7. The Morgan fingerprint density at radius 3 is 2.81 bits per heavy atom. The van der Waals surface area contributed by atoms with Crippen molar-refractivity contribution in [2.24, 2.45) is 12.0 Å². The van der Waals surface area contributed by atoms with Crippen LogP contribution in [0.5, 0.6) is 0 Å². The lowest BCUT2D eigenvalue weighted by Crippen LogP contribution is -2.42. The number of aromatic amines is 1. The van der Waals surface area contributed by atoms with E-state index in [-0.39, 0.29) is 11.4 Å². The zero-order valence-corrected chi connectivity index (χ0v) is 18.0. The maximum absolute atomic E-state index is 14.6. The summed E-state index contributed by atoms with van der Waals surface area (Å²) in [4.78, 5) is 31.8. The van der Waals surface area contributed by atoms with E-state index in [1.54, 1.807) is 36.7 Å². The third-order valence-corrected chi connectivity index (χ3v) is 6.08. The molecule has 0 amide bonds. The van der Waals surface area contributed by atoms with Crippen molar-refractivity contribution in [2.45, 2.75) is 38.6 Å². The Morgan fingerprint density at radius 1 is 1.31 bits per heavy atom. The van der Waals surface area contributed by atoms with E-state index in [0.29, 0.717) is 59.6 Å².